The number of carbonyl (C=O) groups is 2. The average molecular weight is 376 g/mol. The minimum absolute atomic E-state index is 0.316. The van der Waals surface area contributed by atoms with Crippen molar-refractivity contribution in [3.05, 3.63) is 96.1 Å². The number of para-hydroxylation sites is 2. The van der Waals surface area contributed by atoms with Gasteiger partial charge >= 0.3 is 0 Å². The second-order valence-corrected chi connectivity index (χ2v) is 6.15. The van der Waals surface area contributed by atoms with E-state index >= 15 is 0 Å². The van der Waals surface area contributed by atoms with Gasteiger partial charge in [-0.25, -0.2) is 0 Å². The first-order valence-corrected chi connectivity index (χ1v) is 8.73. The van der Waals surface area contributed by atoms with Gasteiger partial charge in [-0.05, 0) is 23.3 Å². The number of hydrogen-bond donors (Lipinski definition) is 4. The van der Waals surface area contributed by atoms with E-state index in [1.54, 1.807) is 84.9 Å². The molecule has 0 aliphatic heterocycles. The van der Waals surface area contributed by atoms with Gasteiger partial charge < -0.3 is 20.8 Å². The number of carbonyl (C=O) groups excluding carboxylic acids is 2. The number of benzene rings is 3. The van der Waals surface area contributed by atoms with Crippen molar-refractivity contribution < 1.29 is 19.8 Å². The van der Waals surface area contributed by atoms with E-state index in [0.717, 1.165) is 0 Å². The topological polar surface area (TPSA) is 98.7 Å². The molecule has 4 N–H and O–H groups in total. The summed E-state index contributed by atoms with van der Waals surface area (Å²) in [6, 6.07) is 23.6. The van der Waals surface area contributed by atoms with Crippen LogP contribution in [0.4, 0.5) is 11.4 Å². The van der Waals surface area contributed by atoms with Crippen LogP contribution in [0.5, 0.6) is 0 Å². The molecule has 0 unspecified atom stereocenters. The summed E-state index contributed by atoms with van der Waals surface area (Å²) >= 11 is 0. The molecule has 6 heteroatoms. The van der Waals surface area contributed by atoms with Crippen molar-refractivity contribution in [3.8, 4) is 0 Å². The number of hydrogen-bond acceptors (Lipinski definition) is 4. The fourth-order valence-electron chi connectivity index (χ4n) is 2.68. The molecule has 0 saturated carbocycles. The Morgan fingerprint density at radius 3 is 1.25 bits per heavy atom. The maximum atomic E-state index is 12.4. The highest BCUT2D eigenvalue weighted by Gasteiger charge is 2.21. The molecule has 0 spiro atoms. The lowest BCUT2D eigenvalue weighted by atomic mass is 10.1. The molecule has 0 saturated heterocycles. The first-order chi connectivity index (χ1) is 13.6. The summed E-state index contributed by atoms with van der Waals surface area (Å²) < 4.78 is 0. The number of aliphatic hydroxyl groups excluding tert-OH is 2. The SMILES string of the molecule is O=C(Nc1ccccc1NC(=O)[C@@H](O)c1ccccc1)[C@@H](O)c1ccccc1. The van der Waals surface area contributed by atoms with Crippen LogP contribution >= 0.6 is 0 Å². The summed E-state index contributed by atoms with van der Waals surface area (Å²) in [5.41, 5.74) is 1.55. The molecule has 2 amide bonds. The predicted molar refractivity (Wildman–Crippen MR) is 107 cm³/mol. The molecule has 28 heavy (non-hydrogen) atoms. The molecule has 3 aromatic rings. The van der Waals surface area contributed by atoms with Crippen molar-refractivity contribution in [2.45, 2.75) is 12.2 Å². The highest BCUT2D eigenvalue weighted by molar-refractivity contribution is 6.02. The molecule has 0 radical (unpaired) electrons. The van der Waals surface area contributed by atoms with Gasteiger partial charge in [0.2, 0.25) is 0 Å². The molecule has 0 aliphatic rings. The summed E-state index contributed by atoms with van der Waals surface area (Å²) in [6.45, 7) is 0. The zero-order valence-corrected chi connectivity index (χ0v) is 14.9. The van der Waals surface area contributed by atoms with Gasteiger partial charge in [0, 0.05) is 0 Å². The van der Waals surface area contributed by atoms with Crippen LogP contribution in [0, 0.1) is 0 Å². The van der Waals surface area contributed by atoms with Gasteiger partial charge in [0.05, 0.1) is 11.4 Å². The van der Waals surface area contributed by atoms with E-state index in [0.29, 0.717) is 22.5 Å². The van der Waals surface area contributed by atoms with Gasteiger partial charge in [-0.1, -0.05) is 72.8 Å². The lowest BCUT2D eigenvalue weighted by Crippen LogP contribution is -2.24. The van der Waals surface area contributed by atoms with Gasteiger partial charge in [0.25, 0.3) is 11.8 Å². The summed E-state index contributed by atoms with van der Waals surface area (Å²) in [7, 11) is 0. The first-order valence-electron chi connectivity index (χ1n) is 8.73. The van der Waals surface area contributed by atoms with Crippen molar-refractivity contribution in [2.75, 3.05) is 10.6 Å². The molecule has 0 heterocycles. The molecule has 0 aliphatic carbocycles. The van der Waals surface area contributed by atoms with E-state index in [9.17, 15) is 19.8 Å². The van der Waals surface area contributed by atoms with Crippen LogP contribution in [0.2, 0.25) is 0 Å². The number of nitrogens with one attached hydrogen (secondary N) is 2. The molecular weight excluding hydrogens is 356 g/mol. The van der Waals surface area contributed by atoms with Crippen LogP contribution in [0.1, 0.15) is 23.3 Å². The third-order valence-corrected chi connectivity index (χ3v) is 4.17. The molecule has 3 rings (SSSR count). The summed E-state index contributed by atoms with van der Waals surface area (Å²) in [5, 5.41) is 25.7. The molecule has 142 valence electrons. The van der Waals surface area contributed by atoms with Gasteiger partial charge in [0.1, 0.15) is 0 Å². The van der Waals surface area contributed by atoms with Crippen molar-refractivity contribution in [1.82, 2.24) is 0 Å². The second-order valence-electron chi connectivity index (χ2n) is 6.15. The molecule has 2 atom stereocenters. The fraction of sp³-hybridized carbons (Fsp3) is 0.0909. The van der Waals surface area contributed by atoms with E-state index in [2.05, 4.69) is 10.6 Å². The van der Waals surface area contributed by atoms with Crippen LogP contribution in [-0.4, -0.2) is 22.0 Å². The predicted octanol–water partition coefficient (Wildman–Crippen LogP) is 3.03. The van der Waals surface area contributed by atoms with Gasteiger partial charge in [-0.2, -0.15) is 0 Å². The number of rotatable bonds is 6. The minimum Gasteiger partial charge on any atom is -0.378 e. The van der Waals surface area contributed by atoms with Gasteiger partial charge in [-0.3, -0.25) is 9.59 Å². The van der Waals surface area contributed by atoms with Crippen molar-refractivity contribution in [3.63, 3.8) is 0 Å². The molecule has 3 aromatic carbocycles. The lowest BCUT2D eigenvalue weighted by molar-refractivity contribution is -0.125. The fourth-order valence-corrected chi connectivity index (χ4v) is 2.68. The molecular formula is C22H20N2O4. The van der Waals surface area contributed by atoms with Crippen LogP contribution in [0.15, 0.2) is 84.9 Å². The van der Waals surface area contributed by atoms with Gasteiger partial charge in [-0.15, -0.1) is 0 Å². The molecule has 0 fully saturated rings. The lowest BCUT2D eigenvalue weighted by Gasteiger charge is -2.16. The van der Waals surface area contributed by atoms with Crippen molar-refractivity contribution >= 4 is 23.2 Å². The Kier molecular flexibility index (Phi) is 6.16. The number of aliphatic hydroxyl groups is 2. The van der Waals surface area contributed by atoms with E-state index in [4.69, 9.17) is 0 Å². The average Bonchev–Trinajstić information content (AvgIpc) is 2.75. The van der Waals surface area contributed by atoms with Crippen LogP contribution in [-0.2, 0) is 9.59 Å². The van der Waals surface area contributed by atoms with Crippen molar-refractivity contribution in [1.29, 1.82) is 0 Å². The second kappa shape index (κ2) is 8.94. The highest BCUT2D eigenvalue weighted by atomic mass is 16.3. The Bertz CT molecular complexity index is 867. The Hall–Kier alpha value is -3.48. The molecule has 0 aromatic heterocycles. The number of amides is 2. The Morgan fingerprint density at radius 1 is 0.571 bits per heavy atom. The first kappa shape index (κ1) is 19.3. The maximum absolute atomic E-state index is 12.4. The third-order valence-electron chi connectivity index (χ3n) is 4.17. The minimum atomic E-state index is -1.35. The van der Waals surface area contributed by atoms with Crippen molar-refractivity contribution in [2.24, 2.45) is 0 Å². The normalized spacial score (nSPS) is 12.6. The Morgan fingerprint density at radius 2 is 0.893 bits per heavy atom. The van der Waals surface area contributed by atoms with E-state index in [1.807, 2.05) is 0 Å². The molecule has 0 bridgehead atoms. The van der Waals surface area contributed by atoms with E-state index in [-0.39, 0.29) is 0 Å². The monoisotopic (exact) mass is 376 g/mol. The third kappa shape index (κ3) is 4.62. The largest absolute Gasteiger partial charge is 0.378 e. The maximum Gasteiger partial charge on any atom is 0.257 e. The smallest absolute Gasteiger partial charge is 0.257 e. The van der Waals surface area contributed by atoms with E-state index < -0.39 is 24.0 Å². The van der Waals surface area contributed by atoms with E-state index in [1.165, 1.54) is 0 Å². The van der Waals surface area contributed by atoms with Crippen LogP contribution < -0.4 is 10.6 Å². The standard InChI is InChI=1S/C22H20N2O4/c25-19(15-9-3-1-4-10-15)21(27)23-17-13-7-8-14-18(17)24-22(28)20(26)16-11-5-2-6-12-16/h1-14,19-20,25-26H,(H,23,27)(H,24,28)/t19-,20-/m0/s1. The highest BCUT2D eigenvalue weighted by Crippen LogP contribution is 2.25. The van der Waals surface area contributed by atoms with Crippen LogP contribution in [0.3, 0.4) is 0 Å². The van der Waals surface area contributed by atoms with Gasteiger partial charge in [0.15, 0.2) is 12.2 Å². The summed E-state index contributed by atoms with van der Waals surface area (Å²) in [4.78, 5) is 24.8. The summed E-state index contributed by atoms with van der Waals surface area (Å²) in [5.74, 6) is -1.26. The molecule has 6 nitrogen and oxygen atoms in total. The summed E-state index contributed by atoms with van der Waals surface area (Å²) in [6.07, 6.45) is -2.69. The zero-order valence-electron chi connectivity index (χ0n) is 14.9. The quantitative estimate of drug-likeness (QED) is 0.531. The number of anilines is 2. The zero-order chi connectivity index (χ0) is 19.9. The Labute approximate surface area is 162 Å². The Balaban J connectivity index is 1.72. The van der Waals surface area contributed by atoms with Crippen LogP contribution in [0.25, 0.3) is 0 Å².